The van der Waals surface area contributed by atoms with Gasteiger partial charge in [-0.05, 0) is 25.3 Å². The summed E-state index contributed by atoms with van der Waals surface area (Å²) in [6.45, 7) is 6.71. The van der Waals surface area contributed by atoms with Gasteiger partial charge in [0.25, 0.3) is 0 Å². The van der Waals surface area contributed by atoms with Crippen molar-refractivity contribution < 1.29 is 4.79 Å². The summed E-state index contributed by atoms with van der Waals surface area (Å²) in [5.74, 6) is 0.705. The van der Waals surface area contributed by atoms with Crippen molar-refractivity contribution in [1.82, 2.24) is 0 Å². The Balaban J connectivity index is 2.73. The maximum Gasteiger partial charge on any atom is 0.168 e. The molecule has 84 valence electrons. The summed E-state index contributed by atoms with van der Waals surface area (Å²) in [6, 6.07) is 1.95. The number of aryl methyl sites for hydroxylation is 1. The molecular formula is C12H19NOS. The summed E-state index contributed by atoms with van der Waals surface area (Å²) < 4.78 is 0. The highest BCUT2D eigenvalue weighted by Crippen LogP contribution is 2.20. The van der Waals surface area contributed by atoms with Crippen molar-refractivity contribution in [2.45, 2.75) is 27.2 Å². The Morgan fingerprint density at radius 1 is 1.53 bits per heavy atom. The van der Waals surface area contributed by atoms with Crippen molar-refractivity contribution in [1.29, 1.82) is 0 Å². The number of thiophene rings is 1. The molecule has 3 heteroatoms. The van der Waals surface area contributed by atoms with Crippen LogP contribution in [-0.2, 0) is 0 Å². The van der Waals surface area contributed by atoms with E-state index in [1.54, 1.807) is 11.3 Å². The SMILES string of the molecule is Cc1cc(C(=O)C(CN)CC(C)C)cs1. The first-order chi connectivity index (χ1) is 7.04. The van der Waals surface area contributed by atoms with Crippen LogP contribution in [0, 0.1) is 18.8 Å². The molecule has 0 aromatic carbocycles. The number of hydrogen-bond donors (Lipinski definition) is 1. The first-order valence-electron chi connectivity index (χ1n) is 5.34. The molecule has 0 aliphatic carbocycles. The van der Waals surface area contributed by atoms with Gasteiger partial charge in [0, 0.05) is 28.3 Å². The van der Waals surface area contributed by atoms with Crippen LogP contribution in [0.3, 0.4) is 0 Å². The van der Waals surface area contributed by atoms with Crippen LogP contribution in [0.25, 0.3) is 0 Å². The fourth-order valence-corrected chi connectivity index (χ4v) is 2.38. The van der Waals surface area contributed by atoms with Gasteiger partial charge in [0.2, 0.25) is 0 Å². The molecule has 0 saturated heterocycles. The number of hydrogen-bond acceptors (Lipinski definition) is 3. The number of nitrogens with two attached hydrogens (primary N) is 1. The van der Waals surface area contributed by atoms with Crippen LogP contribution in [0.5, 0.6) is 0 Å². The molecule has 0 aliphatic heterocycles. The molecule has 1 aromatic heterocycles. The quantitative estimate of drug-likeness (QED) is 0.783. The highest BCUT2D eigenvalue weighted by atomic mass is 32.1. The van der Waals surface area contributed by atoms with E-state index in [4.69, 9.17) is 5.73 Å². The third kappa shape index (κ3) is 3.43. The average Bonchev–Trinajstić information content (AvgIpc) is 2.60. The Morgan fingerprint density at radius 3 is 2.60 bits per heavy atom. The van der Waals surface area contributed by atoms with Crippen LogP contribution < -0.4 is 5.73 Å². The summed E-state index contributed by atoms with van der Waals surface area (Å²) in [4.78, 5) is 13.2. The zero-order valence-corrected chi connectivity index (χ0v) is 10.4. The van der Waals surface area contributed by atoms with Gasteiger partial charge in [-0.15, -0.1) is 11.3 Å². The van der Waals surface area contributed by atoms with Crippen molar-refractivity contribution in [3.63, 3.8) is 0 Å². The molecule has 0 bridgehead atoms. The molecule has 0 amide bonds. The minimum Gasteiger partial charge on any atom is -0.330 e. The topological polar surface area (TPSA) is 43.1 Å². The monoisotopic (exact) mass is 225 g/mol. The van der Waals surface area contributed by atoms with Gasteiger partial charge in [0.05, 0.1) is 0 Å². The molecule has 0 radical (unpaired) electrons. The first-order valence-corrected chi connectivity index (χ1v) is 6.22. The van der Waals surface area contributed by atoms with E-state index in [-0.39, 0.29) is 11.7 Å². The lowest BCUT2D eigenvalue weighted by atomic mass is 9.91. The number of Topliss-reactive ketones (excluding diaryl/α,β-unsaturated/α-hetero) is 1. The predicted octanol–water partition coefficient (Wildman–Crippen LogP) is 2.86. The van der Waals surface area contributed by atoms with Gasteiger partial charge in [-0.3, -0.25) is 4.79 Å². The fourth-order valence-electron chi connectivity index (χ4n) is 1.69. The molecule has 1 unspecified atom stereocenters. The van der Waals surface area contributed by atoms with Gasteiger partial charge in [-0.1, -0.05) is 13.8 Å². The van der Waals surface area contributed by atoms with Crippen LogP contribution in [-0.4, -0.2) is 12.3 Å². The van der Waals surface area contributed by atoms with E-state index in [1.807, 2.05) is 18.4 Å². The standard InChI is InChI=1S/C12H19NOS/c1-8(2)4-10(6-13)12(14)11-5-9(3)15-7-11/h5,7-8,10H,4,6,13H2,1-3H3. The van der Waals surface area contributed by atoms with E-state index in [1.165, 1.54) is 4.88 Å². The minimum absolute atomic E-state index is 0.0148. The lowest BCUT2D eigenvalue weighted by Crippen LogP contribution is -2.25. The third-order valence-corrected chi connectivity index (χ3v) is 3.29. The number of carbonyl (C=O) groups excluding carboxylic acids is 1. The van der Waals surface area contributed by atoms with E-state index in [2.05, 4.69) is 13.8 Å². The van der Waals surface area contributed by atoms with Gasteiger partial charge in [-0.2, -0.15) is 0 Å². The lowest BCUT2D eigenvalue weighted by Gasteiger charge is -2.14. The minimum atomic E-state index is -0.0148. The normalized spacial score (nSPS) is 13.1. The molecule has 15 heavy (non-hydrogen) atoms. The van der Waals surface area contributed by atoms with Gasteiger partial charge in [0.1, 0.15) is 0 Å². The molecule has 2 nitrogen and oxygen atoms in total. The van der Waals surface area contributed by atoms with Crippen molar-refractivity contribution in [2.24, 2.45) is 17.6 Å². The van der Waals surface area contributed by atoms with Gasteiger partial charge < -0.3 is 5.73 Å². The molecule has 0 aliphatic rings. The molecule has 0 fully saturated rings. The lowest BCUT2D eigenvalue weighted by molar-refractivity contribution is 0.0909. The Labute approximate surface area is 95.5 Å². The maximum atomic E-state index is 12.1. The fraction of sp³-hybridized carbons (Fsp3) is 0.583. The highest BCUT2D eigenvalue weighted by molar-refractivity contribution is 7.10. The van der Waals surface area contributed by atoms with Crippen molar-refractivity contribution >= 4 is 17.1 Å². The number of ketones is 1. The van der Waals surface area contributed by atoms with E-state index in [0.717, 1.165) is 12.0 Å². The molecule has 0 spiro atoms. The Morgan fingerprint density at radius 2 is 2.20 bits per heavy atom. The molecule has 2 N–H and O–H groups in total. The number of rotatable bonds is 5. The van der Waals surface area contributed by atoms with Gasteiger partial charge in [-0.25, -0.2) is 0 Å². The Bertz CT molecular complexity index is 330. The molecule has 1 aromatic rings. The molecule has 1 heterocycles. The Hall–Kier alpha value is -0.670. The first kappa shape index (κ1) is 12.4. The third-order valence-electron chi connectivity index (χ3n) is 2.43. The van der Waals surface area contributed by atoms with E-state index in [9.17, 15) is 4.79 Å². The zero-order chi connectivity index (χ0) is 11.4. The second-order valence-corrected chi connectivity index (χ2v) is 5.49. The second-order valence-electron chi connectivity index (χ2n) is 4.37. The van der Waals surface area contributed by atoms with Crippen molar-refractivity contribution in [3.8, 4) is 0 Å². The van der Waals surface area contributed by atoms with Crippen LogP contribution in [0.15, 0.2) is 11.4 Å². The van der Waals surface area contributed by atoms with E-state index >= 15 is 0 Å². The molecule has 1 rings (SSSR count). The van der Waals surface area contributed by atoms with E-state index < -0.39 is 0 Å². The summed E-state index contributed by atoms with van der Waals surface area (Å²) in [5, 5.41) is 1.93. The molecular weight excluding hydrogens is 206 g/mol. The maximum absolute atomic E-state index is 12.1. The summed E-state index contributed by atoms with van der Waals surface area (Å²) in [7, 11) is 0. The van der Waals surface area contributed by atoms with E-state index in [0.29, 0.717) is 12.5 Å². The summed E-state index contributed by atoms with van der Waals surface area (Å²) in [6.07, 6.45) is 0.879. The smallest absolute Gasteiger partial charge is 0.168 e. The highest BCUT2D eigenvalue weighted by Gasteiger charge is 2.20. The average molecular weight is 225 g/mol. The van der Waals surface area contributed by atoms with Crippen LogP contribution in [0.4, 0.5) is 0 Å². The van der Waals surface area contributed by atoms with Gasteiger partial charge >= 0.3 is 0 Å². The summed E-state index contributed by atoms with van der Waals surface area (Å²) in [5.41, 5.74) is 6.48. The van der Waals surface area contributed by atoms with Crippen LogP contribution >= 0.6 is 11.3 Å². The molecule has 0 saturated carbocycles. The van der Waals surface area contributed by atoms with Crippen LogP contribution in [0.1, 0.15) is 35.5 Å². The predicted molar refractivity (Wildman–Crippen MR) is 65.4 cm³/mol. The van der Waals surface area contributed by atoms with Crippen LogP contribution in [0.2, 0.25) is 0 Å². The largest absolute Gasteiger partial charge is 0.330 e. The molecule has 1 atom stereocenters. The number of carbonyl (C=O) groups is 1. The summed E-state index contributed by atoms with van der Waals surface area (Å²) >= 11 is 1.62. The zero-order valence-electron chi connectivity index (χ0n) is 9.62. The Kier molecular flexibility index (Phi) is 4.48. The van der Waals surface area contributed by atoms with Crippen molar-refractivity contribution in [2.75, 3.05) is 6.54 Å². The second kappa shape index (κ2) is 5.42. The van der Waals surface area contributed by atoms with Crippen molar-refractivity contribution in [3.05, 3.63) is 21.9 Å². The van der Waals surface area contributed by atoms with Gasteiger partial charge in [0.15, 0.2) is 5.78 Å².